The molecule has 0 amide bonds. The lowest BCUT2D eigenvalue weighted by atomic mass is 10.5. The van der Waals surface area contributed by atoms with E-state index in [0.717, 1.165) is 4.47 Å². The Morgan fingerprint density at radius 3 is 2.00 bits per heavy atom. The van der Waals surface area contributed by atoms with E-state index < -0.39 is 0 Å². The fourth-order valence-corrected chi connectivity index (χ4v) is 0.570. The van der Waals surface area contributed by atoms with Crippen LogP contribution in [0, 0.1) is 11.8 Å². The number of aromatic nitrogens is 1. The standard InChI is InChI=1S/C5H4BrN.CHN/c6-5-1-3-7-4-2-5;1-2/h1-4H;1H. The summed E-state index contributed by atoms with van der Waals surface area (Å²) in [6, 6.07) is 3.78. The Bertz CT molecular complexity index is 171. The van der Waals surface area contributed by atoms with Crippen LogP contribution < -0.4 is 0 Å². The molecule has 1 aromatic rings. The van der Waals surface area contributed by atoms with Gasteiger partial charge < -0.3 is 0 Å². The third kappa shape index (κ3) is 3.68. The molecule has 2 nitrogen and oxygen atoms in total. The van der Waals surface area contributed by atoms with Gasteiger partial charge in [0.2, 0.25) is 0 Å². The first-order valence-corrected chi connectivity index (χ1v) is 3.00. The quantitative estimate of drug-likeness (QED) is 0.619. The van der Waals surface area contributed by atoms with Crippen molar-refractivity contribution < 1.29 is 0 Å². The van der Waals surface area contributed by atoms with E-state index in [2.05, 4.69) is 27.5 Å². The van der Waals surface area contributed by atoms with Crippen molar-refractivity contribution in [1.29, 1.82) is 5.26 Å². The fraction of sp³-hybridized carbons (Fsp3) is 0. The zero-order valence-electron chi connectivity index (χ0n) is 4.66. The van der Waals surface area contributed by atoms with Crippen LogP contribution in [0.4, 0.5) is 0 Å². The Balaban J connectivity index is 0.000000291. The monoisotopic (exact) mass is 184 g/mol. The van der Waals surface area contributed by atoms with E-state index in [1.54, 1.807) is 12.4 Å². The van der Waals surface area contributed by atoms with Gasteiger partial charge in [-0.2, -0.15) is 0 Å². The van der Waals surface area contributed by atoms with E-state index >= 15 is 0 Å². The molecule has 0 saturated carbocycles. The van der Waals surface area contributed by atoms with Crippen molar-refractivity contribution in [3.05, 3.63) is 29.0 Å². The molecule has 46 valence electrons. The molecule has 0 aliphatic carbocycles. The van der Waals surface area contributed by atoms with E-state index in [4.69, 9.17) is 5.26 Å². The van der Waals surface area contributed by atoms with Crippen molar-refractivity contribution in [2.24, 2.45) is 0 Å². The lowest BCUT2D eigenvalue weighted by Crippen LogP contribution is -1.63. The highest BCUT2D eigenvalue weighted by Crippen LogP contribution is 2.03. The summed E-state index contributed by atoms with van der Waals surface area (Å²) in [7, 11) is 0. The van der Waals surface area contributed by atoms with E-state index in [9.17, 15) is 0 Å². The molecule has 0 atom stereocenters. The second-order valence-corrected chi connectivity index (χ2v) is 2.08. The van der Waals surface area contributed by atoms with Crippen molar-refractivity contribution in [2.75, 3.05) is 0 Å². The molecule has 0 aromatic carbocycles. The number of hydrogen-bond acceptors (Lipinski definition) is 2. The molecule has 0 N–H and O–H groups in total. The van der Waals surface area contributed by atoms with E-state index in [1.807, 2.05) is 12.1 Å². The van der Waals surface area contributed by atoms with Gasteiger partial charge in [-0.3, -0.25) is 4.98 Å². The van der Waals surface area contributed by atoms with Gasteiger partial charge in [-0.05, 0) is 12.1 Å². The predicted octanol–water partition coefficient (Wildman–Crippen LogP) is 1.98. The SMILES string of the molecule is Brc1ccncc1.C#N. The highest BCUT2D eigenvalue weighted by atomic mass is 79.9. The predicted molar refractivity (Wildman–Crippen MR) is 38.6 cm³/mol. The number of nitriles is 1. The van der Waals surface area contributed by atoms with Crippen molar-refractivity contribution >= 4 is 15.9 Å². The molecule has 0 fully saturated rings. The van der Waals surface area contributed by atoms with Crippen LogP contribution in [0.5, 0.6) is 0 Å². The lowest BCUT2D eigenvalue weighted by molar-refractivity contribution is 1.32. The number of rotatable bonds is 0. The summed E-state index contributed by atoms with van der Waals surface area (Å²) in [5.74, 6) is 0. The van der Waals surface area contributed by atoms with E-state index in [0.29, 0.717) is 0 Å². The summed E-state index contributed by atoms with van der Waals surface area (Å²) in [4.78, 5) is 3.82. The Morgan fingerprint density at radius 2 is 1.78 bits per heavy atom. The highest BCUT2D eigenvalue weighted by molar-refractivity contribution is 9.10. The zero-order valence-corrected chi connectivity index (χ0v) is 6.25. The van der Waals surface area contributed by atoms with Gasteiger partial charge in [-0.1, -0.05) is 15.9 Å². The fourth-order valence-electron chi connectivity index (χ4n) is 0.334. The third-order valence-electron chi connectivity index (χ3n) is 0.640. The van der Waals surface area contributed by atoms with Gasteiger partial charge in [-0.15, -0.1) is 0 Å². The molecule has 0 aliphatic rings. The number of hydrogen-bond donors (Lipinski definition) is 0. The van der Waals surface area contributed by atoms with Crippen LogP contribution in [0.25, 0.3) is 0 Å². The Kier molecular flexibility index (Phi) is 4.75. The number of nitrogens with zero attached hydrogens (tertiary/aromatic N) is 2. The van der Waals surface area contributed by atoms with E-state index in [1.165, 1.54) is 0 Å². The minimum absolute atomic E-state index is 1.07. The maximum Gasteiger partial charge on any atom is 0.0462 e. The van der Waals surface area contributed by atoms with Gasteiger partial charge in [-0.25, -0.2) is 5.26 Å². The Morgan fingerprint density at radius 1 is 1.33 bits per heavy atom. The van der Waals surface area contributed by atoms with Crippen LogP contribution in [-0.4, -0.2) is 4.98 Å². The first kappa shape index (κ1) is 8.12. The van der Waals surface area contributed by atoms with Crippen LogP contribution in [0.2, 0.25) is 0 Å². The average molecular weight is 185 g/mol. The second-order valence-electron chi connectivity index (χ2n) is 1.17. The summed E-state index contributed by atoms with van der Waals surface area (Å²) in [5, 5.41) is 6.50. The van der Waals surface area contributed by atoms with Crippen molar-refractivity contribution in [3.8, 4) is 6.57 Å². The highest BCUT2D eigenvalue weighted by Gasteiger charge is 1.75. The lowest BCUT2D eigenvalue weighted by Gasteiger charge is -1.80. The van der Waals surface area contributed by atoms with Crippen molar-refractivity contribution in [1.82, 2.24) is 4.98 Å². The van der Waals surface area contributed by atoms with Gasteiger partial charge in [0, 0.05) is 23.4 Å². The molecule has 1 rings (SSSR count). The summed E-state index contributed by atoms with van der Waals surface area (Å²) >= 11 is 3.27. The second kappa shape index (κ2) is 5.26. The molecule has 1 aromatic heterocycles. The average Bonchev–Trinajstić information content (AvgIpc) is 1.94. The maximum atomic E-state index is 6.50. The summed E-state index contributed by atoms with van der Waals surface area (Å²) in [5.41, 5.74) is 0. The Hall–Kier alpha value is -0.880. The van der Waals surface area contributed by atoms with Crippen LogP contribution in [0.1, 0.15) is 0 Å². The molecule has 3 heteroatoms. The number of halogens is 1. The normalized spacial score (nSPS) is 7.00. The van der Waals surface area contributed by atoms with E-state index in [-0.39, 0.29) is 0 Å². The molecule has 0 spiro atoms. The topological polar surface area (TPSA) is 36.7 Å². The summed E-state index contributed by atoms with van der Waals surface area (Å²) in [6.45, 7) is 3.50. The van der Waals surface area contributed by atoms with Gasteiger partial charge in [0.25, 0.3) is 0 Å². The van der Waals surface area contributed by atoms with Gasteiger partial charge >= 0.3 is 0 Å². The Labute approximate surface area is 62.3 Å². The van der Waals surface area contributed by atoms with Gasteiger partial charge in [0.05, 0.1) is 0 Å². The van der Waals surface area contributed by atoms with Crippen LogP contribution in [-0.2, 0) is 0 Å². The molecule has 0 bridgehead atoms. The van der Waals surface area contributed by atoms with Crippen LogP contribution in [0.15, 0.2) is 29.0 Å². The van der Waals surface area contributed by atoms with Gasteiger partial charge in [0.1, 0.15) is 0 Å². The molecule has 0 unspecified atom stereocenters. The van der Waals surface area contributed by atoms with Gasteiger partial charge in [0.15, 0.2) is 0 Å². The minimum atomic E-state index is 1.07. The molecule has 1 heterocycles. The summed E-state index contributed by atoms with van der Waals surface area (Å²) < 4.78 is 1.07. The molecular weight excluding hydrogens is 180 g/mol. The smallest absolute Gasteiger partial charge is 0.0462 e. The third-order valence-corrected chi connectivity index (χ3v) is 1.17. The number of pyridine rings is 1. The zero-order chi connectivity index (χ0) is 7.11. The maximum absolute atomic E-state index is 6.50. The molecular formula is C6H5BrN2. The first-order chi connectivity index (χ1) is 4.39. The van der Waals surface area contributed by atoms with Crippen LogP contribution >= 0.6 is 15.9 Å². The minimum Gasteiger partial charge on any atom is -0.265 e. The molecule has 0 aliphatic heterocycles. The summed E-state index contributed by atoms with van der Waals surface area (Å²) in [6.07, 6.45) is 3.48. The molecule has 0 saturated heterocycles. The largest absolute Gasteiger partial charge is 0.265 e. The van der Waals surface area contributed by atoms with Crippen molar-refractivity contribution in [2.45, 2.75) is 0 Å². The van der Waals surface area contributed by atoms with Crippen molar-refractivity contribution in [3.63, 3.8) is 0 Å². The molecule has 9 heavy (non-hydrogen) atoms. The first-order valence-electron chi connectivity index (χ1n) is 2.21. The molecule has 0 radical (unpaired) electrons. The van der Waals surface area contributed by atoms with Crippen LogP contribution in [0.3, 0.4) is 0 Å².